The summed E-state index contributed by atoms with van der Waals surface area (Å²) in [4.78, 5) is 2.58. The SMILES string of the molecule is CC1(C)C2=C(C=C3C4=C(C=C=C4)N(c4ccc5sc6ccccc6c5c4)C3C2)c2ccccc21. The van der Waals surface area contributed by atoms with Crippen LogP contribution >= 0.6 is 11.3 Å². The molecule has 0 bridgehead atoms. The summed E-state index contributed by atoms with van der Waals surface area (Å²) in [5.41, 5.74) is 14.7. The van der Waals surface area contributed by atoms with Crippen LogP contribution in [0.3, 0.4) is 0 Å². The van der Waals surface area contributed by atoms with Gasteiger partial charge >= 0.3 is 0 Å². The Morgan fingerprint density at radius 1 is 0.882 bits per heavy atom. The number of hydrogen-bond donors (Lipinski definition) is 0. The van der Waals surface area contributed by atoms with Crippen LogP contribution in [-0.4, -0.2) is 6.04 Å². The summed E-state index contributed by atoms with van der Waals surface area (Å²) < 4.78 is 2.71. The van der Waals surface area contributed by atoms with E-state index in [0.717, 1.165) is 6.42 Å². The van der Waals surface area contributed by atoms with Crippen LogP contribution in [0, 0.1) is 0 Å². The van der Waals surface area contributed by atoms with Crippen molar-refractivity contribution < 1.29 is 0 Å². The Labute approximate surface area is 203 Å². The van der Waals surface area contributed by atoms with Gasteiger partial charge in [-0.05, 0) is 70.7 Å². The third-order valence-electron chi connectivity index (χ3n) is 8.27. The van der Waals surface area contributed by atoms with E-state index in [-0.39, 0.29) is 5.41 Å². The van der Waals surface area contributed by atoms with E-state index < -0.39 is 0 Å². The second kappa shape index (κ2) is 6.30. The van der Waals surface area contributed by atoms with Gasteiger partial charge in [0.1, 0.15) is 0 Å². The Bertz CT molecular complexity index is 1750. The number of benzene rings is 3. The molecule has 1 aromatic heterocycles. The van der Waals surface area contributed by atoms with Gasteiger partial charge in [0.2, 0.25) is 0 Å². The molecule has 1 nitrogen and oxygen atoms in total. The molecule has 4 aromatic rings. The van der Waals surface area contributed by atoms with Crippen molar-refractivity contribution in [3.05, 3.63) is 124 Å². The Balaban J connectivity index is 1.31. The number of anilines is 1. The highest BCUT2D eigenvalue weighted by atomic mass is 32.1. The zero-order chi connectivity index (χ0) is 22.6. The molecule has 0 amide bonds. The van der Waals surface area contributed by atoms with Gasteiger partial charge in [0.25, 0.3) is 0 Å². The van der Waals surface area contributed by atoms with E-state index in [4.69, 9.17) is 0 Å². The first-order valence-corrected chi connectivity index (χ1v) is 12.9. The van der Waals surface area contributed by atoms with Crippen LogP contribution in [0.15, 0.2) is 113 Å². The summed E-state index contributed by atoms with van der Waals surface area (Å²) in [5, 5.41) is 2.71. The summed E-state index contributed by atoms with van der Waals surface area (Å²) in [7, 11) is 0. The predicted molar refractivity (Wildman–Crippen MR) is 144 cm³/mol. The number of nitrogens with zero attached hydrogens (tertiary/aromatic N) is 1. The molecule has 162 valence electrons. The number of fused-ring (bicyclic) bond motifs is 7. The van der Waals surface area contributed by atoms with E-state index in [1.54, 1.807) is 5.57 Å². The standard InChI is InChI=1S/C32H23NS/c1-32(2)26-11-5-3-8-20(26)23-17-24-21-10-7-12-28(21)33(29(24)18-27(23)32)19-14-15-31-25(16-19)22-9-4-6-13-30(22)34-31/h3-6,8-17,29H,18H2,1-2H3. The van der Waals surface area contributed by atoms with E-state index in [2.05, 4.69) is 109 Å². The summed E-state index contributed by atoms with van der Waals surface area (Å²) in [6.45, 7) is 4.80. The molecular formula is C32H23NS. The second-order valence-electron chi connectivity index (χ2n) is 10.3. The van der Waals surface area contributed by atoms with Crippen molar-refractivity contribution in [1.29, 1.82) is 0 Å². The summed E-state index contributed by atoms with van der Waals surface area (Å²) in [6.07, 6.45) is 7.90. The molecule has 4 aliphatic rings. The van der Waals surface area contributed by atoms with Gasteiger partial charge in [-0.15, -0.1) is 17.1 Å². The predicted octanol–water partition coefficient (Wildman–Crippen LogP) is 8.30. The van der Waals surface area contributed by atoms with Crippen molar-refractivity contribution >= 4 is 42.8 Å². The smallest absolute Gasteiger partial charge is 0.0636 e. The molecule has 2 heterocycles. The molecule has 0 fully saturated rings. The molecule has 0 spiro atoms. The zero-order valence-corrected chi connectivity index (χ0v) is 20.0. The lowest BCUT2D eigenvalue weighted by Crippen LogP contribution is -2.34. The minimum Gasteiger partial charge on any atom is -0.333 e. The highest BCUT2D eigenvalue weighted by Crippen LogP contribution is 2.55. The van der Waals surface area contributed by atoms with E-state index >= 15 is 0 Å². The van der Waals surface area contributed by atoms with Crippen LogP contribution in [-0.2, 0) is 5.41 Å². The summed E-state index contributed by atoms with van der Waals surface area (Å²) in [6, 6.07) is 25.1. The molecule has 0 saturated carbocycles. The first-order chi connectivity index (χ1) is 16.6. The van der Waals surface area contributed by atoms with Crippen molar-refractivity contribution in [3.8, 4) is 0 Å². The topological polar surface area (TPSA) is 3.24 Å². The molecule has 0 saturated heterocycles. The third-order valence-corrected chi connectivity index (χ3v) is 9.42. The van der Waals surface area contributed by atoms with Crippen LogP contribution in [0.2, 0.25) is 0 Å². The minimum atomic E-state index is 0.0614. The van der Waals surface area contributed by atoms with E-state index in [1.807, 2.05) is 11.3 Å². The fourth-order valence-electron chi connectivity index (χ4n) is 6.63. The highest BCUT2D eigenvalue weighted by molar-refractivity contribution is 7.25. The van der Waals surface area contributed by atoms with Crippen molar-refractivity contribution in [2.45, 2.75) is 31.7 Å². The van der Waals surface area contributed by atoms with Gasteiger partial charge in [-0.2, -0.15) is 0 Å². The van der Waals surface area contributed by atoms with Crippen molar-refractivity contribution in [2.75, 3.05) is 4.90 Å². The van der Waals surface area contributed by atoms with E-state index in [1.165, 1.54) is 59.4 Å². The largest absolute Gasteiger partial charge is 0.333 e. The molecular weight excluding hydrogens is 430 g/mol. The Hall–Kier alpha value is -3.58. The van der Waals surface area contributed by atoms with Gasteiger partial charge in [0.15, 0.2) is 0 Å². The van der Waals surface area contributed by atoms with E-state index in [9.17, 15) is 0 Å². The molecule has 1 unspecified atom stereocenters. The number of thiophene rings is 1. The summed E-state index contributed by atoms with van der Waals surface area (Å²) >= 11 is 1.88. The summed E-state index contributed by atoms with van der Waals surface area (Å²) in [5.74, 6) is 0. The lowest BCUT2D eigenvalue weighted by molar-refractivity contribution is 0.581. The van der Waals surface area contributed by atoms with Crippen molar-refractivity contribution in [1.82, 2.24) is 0 Å². The normalized spacial score (nSPS) is 21.4. The van der Waals surface area contributed by atoms with Crippen LogP contribution in [0.4, 0.5) is 5.69 Å². The molecule has 1 atom stereocenters. The maximum absolute atomic E-state index is 3.39. The van der Waals surface area contributed by atoms with Crippen LogP contribution < -0.4 is 4.90 Å². The van der Waals surface area contributed by atoms with Crippen LogP contribution in [0.1, 0.15) is 31.4 Å². The molecule has 34 heavy (non-hydrogen) atoms. The molecule has 2 heteroatoms. The van der Waals surface area contributed by atoms with Crippen molar-refractivity contribution in [3.63, 3.8) is 0 Å². The van der Waals surface area contributed by atoms with Gasteiger partial charge in [-0.25, -0.2) is 0 Å². The van der Waals surface area contributed by atoms with Crippen molar-refractivity contribution in [2.24, 2.45) is 0 Å². The minimum absolute atomic E-state index is 0.0614. The Morgan fingerprint density at radius 2 is 1.71 bits per heavy atom. The monoisotopic (exact) mass is 453 g/mol. The Morgan fingerprint density at radius 3 is 2.65 bits per heavy atom. The van der Waals surface area contributed by atoms with Crippen LogP contribution in [0.5, 0.6) is 0 Å². The average Bonchev–Trinajstić information content (AvgIpc) is 3.59. The maximum atomic E-state index is 3.39. The fourth-order valence-corrected chi connectivity index (χ4v) is 7.72. The maximum Gasteiger partial charge on any atom is 0.0636 e. The molecule has 3 aliphatic carbocycles. The number of rotatable bonds is 1. The van der Waals surface area contributed by atoms with Gasteiger partial charge < -0.3 is 4.90 Å². The van der Waals surface area contributed by atoms with Gasteiger partial charge in [-0.1, -0.05) is 56.3 Å². The van der Waals surface area contributed by atoms with E-state index in [0.29, 0.717) is 6.04 Å². The fraction of sp³-hybridized carbons (Fsp3) is 0.156. The Kier molecular flexibility index (Phi) is 3.48. The lowest BCUT2D eigenvalue weighted by Gasteiger charge is -2.35. The zero-order valence-electron chi connectivity index (χ0n) is 19.2. The highest BCUT2D eigenvalue weighted by Gasteiger charge is 2.45. The molecule has 0 N–H and O–H groups in total. The lowest BCUT2D eigenvalue weighted by atomic mass is 9.76. The average molecular weight is 454 g/mol. The number of hydrogen-bond acceptors (Lipinski definition) is 2. The van der Waals surface area contributed by atoms with Gasteiger partial charge in [0.05, 0.1) is 11.7 Å². The molecule has 3 aromatic carbocycles. The number of allylic oxidation sites excluding steroid dienone is 3. The van der Waals surface area contributed by atoms with Crippen LogP contribution in [0.25, 0.3) is 25.7 Å². The molecule has 0 radical (unpaired) electrons. The first-order valence-electron chi connectivity index (χ1n) is 12.0. The molecule has 8 rings (SSSR count). The first kappa shape index (κ1) is 18.8. The van der Waals surface area contributed by atoms with Gasteiger partial charge in [-0.3, -0.25) is 0 Å². The quantitative estimate of drug-likeness (QED) is 0.262. The second-order valence-corrected chi connectivity index (χ2v) is 11.4. The molecule has 1 aliphatic heterocycles. The third kappa shape index (κ3) is 2.25. The van der Waals surface area contributed by atoms with Gasteiger partial charge in [0, 0.05) is 42.9 Å².